The summed E-state index contributed by atoms with van der Waals surface area (Å²) in [7, 11) is 0. The van der Waals surface area contributed by atoms with Gasteiger partial charge in [-0.2, -0.15) is 0 Å². The van der Waals surface area contributed by atoms with Crippen LogP contribution in [-0.4, -0.2) is 24.6 Å². The first-order valence-electron chi connectivity index (χ1n) is 5.94. The lowest BCUT2D eigenvalue weighted by atomic mass is 10.2. The Morgan fingerprint density at radius 1 is 1.25 bits per heavy atom. The molecule has 0 saturated carbocycles. The zero-order chi connectivity index (χ0) is 11.2. The van der Waals surface area contributed by atoms with E-state index in [2.05, 4.69) is 23.6 Å². The minimum Gasteiger partial charge on any atom is -0.489 e. The Kier molecular flexibility index (Phi) is 4.00. The lowest BCUT2D eigenvalue weighted by Crippen LogP contribution is -2.18. The Balaban J connectivity index is 2.02. The predicted octanol–water partition coefficient (Wildman–Crippen LogP) is 2.85. The number of nitrogens with zero attached hydrogens (tertiary/aromatic N) is 1. The standard InChI is InChI=1S/C14H19NO/c1-2-11-16-14-8-4-3-7-13(14)12-15-9-5-6-10-15/h2-4,7-8H,1,5-6,9-12H2. The van der Waals surface area contributed by atoms with Crippen molar-refractivity contribution in [3.63, 3.8) is 0 Å². The number of hydrogen-bond acceptors (Lipinski definition) is 2. The number of likely N-dealkylation sites (tertiary alicyclic amines) is 1. The number of ether oxygens (including phenoxy) is 1. The van der Waals surface area contributed by atoms with Crippen LogP contribution in [0.4, 0.5) is 0 Å². The van der Waals surface area contributed by atoms with Gasteiger partial charge in [0, 0.05) is 12.1 Å². The van der Waals surface area contributed by atoms with Gasteiger partial charge in [0.05, 0.1) is 0 Å². The van der Waals surface area contributed by atoms with Crippen LogP contribution in [0.3, 0.4) is 0 Å². The van der Waals surface area contributed by atoms with Gasteiger partial charge in [-0.25, -0.2) is 0 Å². The quantitative estimate of drug-likeness (QED) is 0.703. The maximum Gasteiger partial charge on any atom is 0.124 e. The minimum absolute atomic E-state index is 0.580. The first kappa shape index (κ1) is 11.2. The summed E-state index contributed by atoms with van der Waals surface area (Å²) in [5.74, 6) is 0.995. The molecule has 0 N–H and O–H groups in total. The van der Waals surface area contributed by atoms with Gasteiger partial charge in [-0.15, -0.1) is 0 Å². The molecule has 0 spiro atoms. The van der Waals surface area contributed by atoms with E-state index in [0.717, 1.165) is 12.3 Å². The molecule has 1 aliphatic heterocycles. The molecule has 2 nitrogen and oxygen atoms in total. The lowest BCUT2D eigenvalue weighted by molar-refractivity contribution is 0.312. The number of hydrogen-bond donors (Lipinski definition) is 0. The highest BCUT2D eigenvalue weighted by Gasteiger charge is 2.13. The molecule has 1 fully saturated rings. The van der Waals surface area contributed by atoms with Gasteiger partial charge in [0.2, 0.25) is 0 Å². The summed E-state index contributed by atoms with van der Waals surface area (Å²) in [5.41, 5.74) is 1.28. The van der Waals surface area contributed by atoms with Crippen molar-refractivity contribution in [1.82, 2.24) is 4.90 Å². The van der Waals surface area contributed by atoms with Gasteiger partial charge >= 0.3 is 0 Å². The molecule has 0 atom stereocenters. The van der Waals surface area contributed by atoms with Crippen molar-refractivity contribution in [2.24, 2.45) is 0 Å². The van der Waals surface area contributed by atoms with Crippen LogP contribution in [0.1, 0.15) is 18.4 Å². The molecule has 1 aliphatic rings. The summed E-state index contributed by atoms with van der Waals surface area (Å²) >= 11 is 0. The summed E-state index contributed by atoms with van der Waals surface area (Å²) in [5, 5.41) is 0. The van der Waals surface area contributed by atoms with Crippen molar-refractivity contribution < 1.29 is 4.74 Å². The average Bonchev–Trinajstić information content (AvgIpc) is 2.81. The van der Waals surface area contributed by atoms with Crippen LogP contribution in [0.25, 0.3) is 0 Å². The van der Waals surface area contributed by atoms with E-state index in [9.17, 15) is 0 Å². The molecular formula is C14H19NO. The van der Waals surface area contributed by atoms with E-state index >= 15 is 0 Å². The second-order valence-corrected chi connectivity index (χ2v) is 4.19. The Morgan fingerprint density at radius 3 is 2.75 bits per heavy atom. The number of para-hydroxylation sites is 1. The SMILES string of the molecule is C=CCOc1ccccc1CN1CCCC1. The van der Waals surface area contributed by atoms with Crippen molar-refractivity contribution in [1.29, 1.82) is 0 Å². The van der Waals surface area contributed by atoms with E-state index < -0.39 is 0 Å². The van der Waals surface area contributed by atoms with E-state index in [-0.39, 0.29) is 0 Å². The van der Waals surface area contributed by atoms with Gasteiger partial charge in [0.25, 0.3) is 0 Å². The summed E-state index contributed by atoms with van der Waals surface area (Å²) in [6.07, 6.45) is 4.44. The Bertz CT molecular complexity index is 342. The molecule has 0 radical (unpaired) electrons. The summed E-state index contributed by atoms with van der Waals surface area (Å²) in [4.78, 5) is 2.48. The van der Waals surface area contributed by atoms with Crippen molar-refractivity contribution in [2.75, 3.05) is 19.7 Å². The highest BCUT2D eigenvalue weighted by atomic mass is 16.5. The minimum atomic E-state index is 0.580. The molecule has 1 aromatic carbocycles. The monoisotopic (exact) mass is 217 g/mol. The molecule has 0 unspecified atom stereocenters. The molecule has 1 aromatic rings. The number of benzene rings is 1. The highest BCUT2D eigenvalue weighted by molar-refractivity contribution is 5.33. The Labute approximate surface area is 97.5 Å². The third-order valence-corrected chi connectivity index (χ3v) is 2.92. The van der Waals surface area contributed by atoms with Crippen LogP contribution in [-0.2, 0) is 6.54 Å². The van der Waals surface area contributed by atoms with E-state index in [1.807, 2.05) is 12.1 Å². The molecule has 1 heterocycles. The lowest BCUT2D eigenvalue weighted by Gasteiger charge is -2.17. The molecule has 2 heteroatoms. The fourth-order valence-electron chi connectivity index (χ4n) is 2.11. The van der Waals surface area contributed by atoms with Crippen LogP contribution >= 0.6 is 0 Å². The molecule has 1 saturated heterocycles. The number of rotatable bonds is 5. The van der Waals surface area contributed by atoms with E-state index in [0.29, 0.717) is 6.61 Å². The normalized spacial score (nSPS) is 16.2. The third-order valence-electron chi connectivity index (χ3n) is 2.92. The third kappa shape index (κ3) is 2.86. The average molecular weight is 217 g/mol. The Morgan fingerprint density at radius 2 is 2.00 bits per heavy atom. The van der Waals surface area contributed by atoms with Crippen LogP contribution in [0.2, 0.25) is 0 Å². The summed E-state index contributed by atoms with van der Waals surface area (Å²) in [6, 6.07) is 8.28. The molecular weight excluding hydrogens is 198 g/mol. The Hall–Kier alpha value is -1.28. The second kappa shape index (κ2) is 5.71. The van der Waals surface area contributed by atoms with Crippen LogP contribution in [0.15, 0.2) is 36.9 Å². The largest absolute Gasteiger partial charge is 0.489 e. The van der Waals surface area contributed by atoms with Gasteiger partial charge in [0.15, 0.2) is 0 Å². The zero-order valence-corrected chi connectivity index (χ0v) is 9.69. The topological polar surface area (TPSA) is 12.5 Å². The van der Waals surface area contributed by atoms with Crippen molar-refractivity contribution >= 4 is 0 Å². The van der Waals surface area contributed by atoms with E-state index in [1.54, 1.807) is 6.08 Å². The first-order valence-corrected chi connectivity index (χ1v) is 5.94. The molecule has 0 aromatic heterocycles. The van der Waals surface area contributed by atoms with Gasteiger partial charge in [0.1, 0.15) is 12.4 Å². The maximum absolute atomic E-state index is 5.65. The summed E-state index contributed by atoms with van der Waals surface area (Å²) < 4.78 is 5.65. The first-order chi connectivity index (χ1) is 7.90. The van der Waals surface area contributed by atoms with E-state index in [1.165, 1.54) is 31.5 Å². The molecule has 0 amide bonds. The summed E-state index contributed by atoms with van der Waals surface area (Å²) in [6.45, 7) is 7.70. The van der Waals surface area contributed by atoms with Gasteiger partial charge in [-0.1, -0.05) is 30.9 Å². The molecule has 0 bridgehead atoms. The predicted molar refractivity (Wildman–Crippen MR) is 66.6 cm³/mol. The van der Waals surface area contributed by atoms with Crippen molar-refractivity contribution in [2.45, 2.75) is 19.4 Å². The second-order valence-electron chi connectivity index (χ2n) is 4.19. The van der Waals surface area contributed by atoms with Crippen LogP contribution < -0.4 is 4.74 Å². The van der Waals surface area contributed by atoms with Crippen LogP contribution in [0.5, 0.6) is 5.75 Å². The molecule has 0 aliphatic carbocycles. The van der Waals surface area contributed by atoms with E-state index in [4.69, 9.17) is 4.74 Å². The van der Waals surface area contributed by atoms with Crippen molar-refractivity contribution in [3.8, 4) is 5.75 Å². The molecule has 2 rings (SSSR count). The zero-order valence-electron chi connectivity index (χ0n) is 9.69. The van der Waals surface area contributed by atoms with Crippen molar-refractivity contribution in [3.05, 3.63) is 42.5 Å². The van der Waals surface area contributed by atoms with Gasteiger partial charge < -0.3 is 4.74 Å². The molecule has 16 heavy (non-hydrogen) atoms. The molecule has 86 valence electrons. The van der Waals surface area contributed by atoms with Crippen LogP contribution in [0, 0.1) is 0 Å². The maximum atomic E-state index is 5.65. The highest BCUT2D eigenvalue weighted by Crippen LogP contribution is 2.21. The fraction of sp³-hybridized carbons (Fsp3) is 0.429. The fourth-order valence-corrected chi connectivity index (χ4v) is 2.11. The van der Waals surface area contributed by atoms with Gasteiger partial charge in [-0.3, -0.25) is 4.90 Å². The van der Waals surface area contributed by atoms with Gasteiger partial charge in [-0.05, 0) is 32.0 Å². The smallest absolute Gasteiger partial charge is 0.124 e.